The van der Waals surface area contributed by atoms with E-state index in [4.69, 9.17) is 24.4 Å². The predicted molar refractivity (Wildman–Crippen MR) is 68.6 cm³/mol. The van der Waals surface area contributed by atoms with Gasteiger partial charge in [0.15, 0.2) is 12.6 Å². The smallest absolute Gasteiger partial charge is 0.187 e. The Hall–Kier alpha value is -0.440. The van der Waals surface area contributed by atoms with Gasteiger partial charge in [0.05, 0.1) is 13.2 Å². The summed E-state index contributed by atoms with van der Waals surface area (Å²) in [6, 6.07) is 0. The van der Waals surface area contributed by atoms with Crippen LogP contribution in [0.4, 0.5) is 0 Å². The van der Waals surface area contributed by atoms with Crippen LogP contribution >= 0.6 is 0 Å². The zero-order valence-corrected chi connectivity index (χ0v) is 12.0. The average Bonchev–Trinajstić information content (AvgIpc) is 2.54. The Morgan fingerprint density at radius 1 is 0.652 bits per heavy atom. The maximum absolute atomic E-state index is 9.94. The van der Waals surface area contributed by atoms with Gasteiger partial charge in [-0.1, -0.05) is 0 Å². The number of hydrogen-bond donors (Lipinski definition) is 8. The van der Waals surface area contributed by atoms with Crippen molar-refractivity contribution in [2.24, 2.45) is 0 Å². The Morgan fingerprint density at radius 3 is 1.74 bits per heavy atom. The summed E-state index contributed by atoms with van der Waals surface area (Å²) < 4.78 is 15.1. The van der Waals surface area contributed by atoms with Crippen LogP contribution in [-0.2, 0) is 14.2 Å². The summed E-state index contributed by atoms with van der Waals surface area (Å²) in [6.07, 6.45) is -15.6. The molecule has 0 aliphatic carbocycles. The quantitative estimate of drug-likeness (QED) is 0.243. The van der Waals surface area contributed by atoms with Crippen LogP contribution in [-0.4, -0.2) is 115 Å². The van der Waals surface area contributed by atoms with E-state index in [1.807, 2.05) is 0 Å². The molecule has 136 valence electrons. The molecule has 11 heteroatoms. The van der Waals surface area contributed by atoms with Crippen LogP contribution in [0.2, 0.25) is 0 Å². The van der Waals surface area contributed by atoms with Crippen LogP contribution in [0.3, 0.4) is 0 Å². The zero-order valence-electron chi connectivity index (χ0n) is 12.0. The minimum absolute atomic E-state index is 0.651. The zero-order chi connectivity index (χ0) is 17.3. The third-order valence-electron chi connectivity index (χ3n) is 3.98. The van der Waals surface area contributed by atoms with Crippen molar-refractivity contribution in [3.8, 4) is 0 Å². The molecule has 23 heavy (non-hydrogen) atoms. The maximum atomic E-state index is 9.94. The molecule has 2 heterocycles. The number of ether oxygens (including phenoxy) is 3. The van der Waals surface area contributed by atoms with Crippen LogP contribution in [0.5, 0.6) is 0 Å². The Kier molecular flexibility index (Phi) is 6.27. The summed E-state index contributed by atoms with van der Waals surface area (Å²) in [5.74, 6) is 0. The van der Waals surface area contributed by atoms with Crippen LogP contribution in [0.15, 0.2) is 0 Å². The molecule has 0 aromatic carbocycles. The highest BCUT2D eigenvalue weighted by molar-refractivity contribution is 4.93. The van der Waals surface area contributed by atoms with E-state index in [1.54, 1.807) is 0 Å². The van der Waals surface area contributed by atoms with Crippen LogP contribution in [0.25, 0.3) is 0 Å². The van der Waals surface area contributed by atoms with E-state index in [-0.39, 0.29) is 0 Å². The number of hydrogen-bond acceptors (Lipinski definition) is 11. The molecule has 2 aliphatic heterocycles. The third-order valence-corrected chi connectivity index (χ3v) is 3.98. The largest absolute Gasteiger partial charge is 0.394 e. The fourth-order valence-corrected chi connectivity index (χ4v) is 2.55. The Labute approximate surface area is 130 Å². The van der Waals surface area contributed by atoms with Crippen molar-refractivity contribution in [1.29, 1.82) is 0 Å². The molecule has 2 fully saturated rings. The normalized spacial score (nSPS) is 51.7. The highest BCUT2D eigenvalue weighted by atomic mass is 16.7. The van der Waals surface area contributed by atoms with Gasteiger partial charge in [-0.05, 0) is 0 Å². The predicted octanol–water partition coefficient (Wildman–Crippen LogP) is -5.40. The molecule has 0 radical (unpaired) electrons. The first-order valence-electron chi connectivity index (χ1n) is 7.08. The third kappa shape index (κ3) is 3.65. The van der Waals surface area contributed by atoms with Gasteiger partial charge in [0.1, 0.15) is 48.8 Å². The first-order valence-corrected chi connectivity index (χ1v) is 7.08. The van der Waals surface area contributed by atoms with Crippen molar-refractivity contribution >= 4 is 0 Å². The Balaban J connectivity index is 2.08. The minimum atomic E-state index is -1.75. The maximum Gasteiger partial charge on any atom is 0.187 e. The van der Waals surface area contributed by atoms with E-state index in [0.717, 1.165) is 0 Å². The van der Waals surface area contributed by atoms with Gasteiger partial charge in [-0.2, -0.15) is 0 Å². The van der Waals surface area contributed by atoms with E-state index < -0.39 is 74.6 Å². The average molecular weight is 342 g/mol. The lowest BCUT2D eigenvalue weighted by Gasteiger charge is -2.44. The summed E-state index contributed by atoms with van der Waals surface area (Å²) >= 11 is 0. The van der Waals surface area contributed by atoms with Crippen molar-refractivity contribution in [2.75, 3.05) is 13.2 Å². The summed E-state index contributed by atoms with van der Waals surface area (Å²) in [4.78, 5) is 0. The van der Waals surface area contributed by atoms with Crippen molar-refractivity contribution in [1.82, 2.24) is 0 Å². The van der Waals surface area contributed by atoms with Crippen molar-refractivity contribution in [2.45, 2.75) is 61.4 Å². The van der Waals surface area contributed by atoms with E-state index in [2.05, 4.69) is 0 Å². The molecule has 0 bridgehead atoms. The highest BCUT2D eigenvalue weighted by Gasteiger charge is 2.50. The fourth-order valence-electron chi connectivity index (χ4n) is 2.55. The number of aliphatic hydroxyl groups is 8. The molecule has 2 saturated heterocycles. The molecule has 11 nitrogen and oxygen atoms in total. The van der Waals surface area contributed by atoms with E-state index in [9.17, 15) is 30.6 Å². The molecular weight excluding hydrogens is 320 g/mol. The van der Waals surface area contributed by atoms with Crippen molar-refractivity contribution in [3.05, 3.63) is 0 Å². The minimum Gasteiger partial charge on any atom is -0.394 e. The van der Waals surface area contributed by atoms with Crippen LogP contribution in [0.1, 0.15) is 0 Å². The Bertz CT molecular complexity index is 380. The van der Waals surface area contributed by atoms with Gasteiger partial charge in [0, 0.05) is 0 Å². The van der Waals surface area contributed by atoms with Gasteiger partial charge in [-0.3, -0.25) is 0 Å². The summed E-state index contributed by atoms with van der Waals surface area (Å²) in [5.41, 5.74) is 0. The van der Waals surface area contributed by atoms with Gasteiger partial charge in [-0.25, -0.2) is 0 Å². The number of aliphatic hydroxyl groups excluding tert-OH is 8. The molecule has 10 atom stereocenters. The molecule has 0 amide bonds. The van der Waals surface area contributed by atoms with Gasteiger partial charge in [-0.15, -0.1) is 0 Å². The summed E-state index contributed by atoms with van der Waals surface area (Å²) in [7, 11) is 0. The molecule has 0 saturated carbocycles. The van der Waals surface area contributed by atoms with E-state index >= 15 is 0 Å². The second kappa shape index (κ2) is 7.63. The van der Waals surface area contributed by atoms with Crippen molar-refractivity contribution < 1.29 is 55.1 Å². The summed E-state index contributed by atoms with van der Waals surface area (Å²) in [5, 5.41) is 76.7. The topological polar surface area (TPSA) is 190 Å². The lowest BCUT2D eigenvalue weighted by atomic mass is 9.97. The molecule has 1 unspecified atom stereocenters. The first kappa shape index (κ1) is 18.9. The second-order valence-electron chi connectivity index (χ2n) is 5.53. The Morgan fingerprint density at radius 2 is 1.17 bits per heavy atom. The molecule has 2 aliphatic rings. The van der Waals surface area contributed by atoms with Gasteiger partial charge < -0.3 is 55.1 Å². The van der Waals surface area contributed by atoms with Gasteiger partial charge in [0.2, 0.25) is 0 Å². The molecule has 0 aromatic heterocycles. The van der Waals surface area contributed by atoms with E-state index in [1.165, 1.54) is 0 Å². The van der Waals surface area contributed by atoms with Gasteiger partial charge in [0.25, 0.3) is 0 Å². The molecule has 8 N–H and O–H groups in total. The highest BCUT2D eigenvalue weighted by Crippen LogP contribution is 2.28. The van der Waals surface area contributed by atoms with Crippen LogP contribution in [0, 0.1) is 0 Å². The summed E-state index contributed by atoms with van der Waals surface area (Å²) in [6.45, 7) is -1.33. The van der Waals surface area contributed by atoms with E-state index in [0.29, 0.717) is 0 Å². The lowest BCUT2D eigenvalue weighted by Crippen LogP contribution is -2.64. The van der Waals surface area contributed by atoms with Crippen molar-refractivity contribution in [3.63, 3.8) is 0 Å². The lowest BCUT2D eigenvalue weighted by molar-refractivity contribution is -0.361. The SMILES string of the molecule is OC[C@H]1O[C@H](O[C@@H]2C(O)O[C@H](CO)[C@H](O)[C@@H]2O)[C@@H](O)[C@@H](O)[C@H]1O. The monoisotopic (exact) mass is 342 g/mol. The second-order valence-corrected chi connectivity index (χ2v) is 5.53. The molecule has 2 rings (SSSR count). The standard InChI is InChI=1S/C12H22O11/c13-1-3-6(16)8(18)10(11(20)21-3)23-12-9(19)7(17)5(15)4(2-14)22-12/h3-20H,1-2H2/t3-,4-,5+,6+,7+,8+,9+,10+,11?,12-/m1/s1. The molecular formula is C12H22O11. The first-order chi connectivity index (χ1) is 10.8. The fraction of sp³-hybridized carbons (Fsp3) is 1.00. The number of rotatable bonds is 4. The van der Waals surface area contributed by atoms with Crippen LogP contribution < -0.4 is 0 Å². The molecule has 0 aromatic rings. The van der Waals surface area contributed by atoms with Gasteiger partial charge >= 0.3 is 0 Å². The molecule has 0 spiro atoms.